The Morgan fingerprint density at radius 3 is 1.58 bits per heavy atom. The molecule has 0 saturated carbocycles. The molecule has 1 aromatic rings. The molecule has 6 heteroatoms. The van der Waals surface area contributed by atoms with E-state index in [9.17, 15) is 19.8 Å². The molecule has 0 amide bonds. The molecule has 0 bridgehead atoms. The minimum Gasteiger partial charge on any atom is -0.508 e. The summed E-state index contributed by atoms with van der Waals surface area (Å²) in [6.07, 6.45) is 5.56. The third-order valence-corrected chi connectivity index (χ3v) is 3.55. The highest BCUT2D eigenvalue weighted by atomic mass is 16.5. The van der Waals surface area contributed by atoms with E-state index in [0.29, 0.717) is 0 Å². The number of hydrogen-bond donors (Lipinski definition) is 2. The van der Waals surface area contributed by atoms with Crippen molar-refractivity contribution in [1.29, 1.82) is 0 Å². The van der Waals surface area contributed by atoms with Gasteiger partial charge in [0.15, 0.2) is 12.2 Å². The van der Waals surface area contributed by atoms with Crippen molar-refractivity contribution >= 4 is 11.6 Å². The maximum atomic E-state index is 12.6. The maximum Gasteiger partial charge on any atom is 0.208 e. The molecule has 2 aliphatic rings. The topological polar surface area (TPSA) is 93.1 Å². The van der Waals surface area contributed by atoms with Gasteiger partial charge in [0.05, 0.1) is 12.5 Å². The Morgan fingerprint density at radius 2 is 1.21 bits per heavy atom. The van der Waals surface area contributed by atoms with E-state index in [1.165, 1.54) is 49.0 Å². The highest BCUT2D eigenvalue weighted by Gasteiger charge is 2.29. The first-order chi connectivity index (χ1) is 11.6. The molecule has 122 valence electrons. The average molecular weight is 326 g/mol. The molecule has 0 saturated heterocycles. The van der Waals surface area contributed by atoms with Gasteiger partial charge in [-0.1, -0.05) is 24.3 Å². The number of carbonyl (C=O) groups is 2. The van der Waals surface area contributed by atoms with Gasteiger partial charge in [-0.05, 0) is 0 Å². The summed E-state index contributed by atoms with van der Waals surface area (Å²) in [5.74, 6) is -1.10. The fourth-order valence-electron chi connectivity index (χ4n) is 2.38. The molecule has 0 aliphatic carbocycles. The molecule has 0 spiro atoms. The van der Waals surface area contributed by atoms with Gasteiger partial charge in [0.25, 0.3) is 0 Å². The van der Waals surface area contributed by atoms with E-state index in [4.69, 9.17) is 9.47 Å². The quantitative estimate of drug-likeness (QED) is 0.827. The van der Waals surface area contributed by atoms with Crippen molar-refractivity contribution in [3.8, 4) is 0 Å². The van der Waals surface area contributed by atoms with Crippen LogP contribution in [0.1, 0.15) is 20.7 Å². The van der Waals surface area contributed by atoms with Crippen LogP contribution in [0.3, 0.4) is 0 Å². The van der Waals surface area contributed by atoms with Crippen molar-refractivity contribution in [2.24, 2.45) is 0 Å². The van der Waals surface area contributed by atoms with E-state index in [1.54, 1.807) is 12.1 Å². The van der Waals surface area contributed by atoms with Gasteiger partial charge in [0.2, 0.25) is 11.6 Å². The molecule has 2 unspecified atom stereocenters. The molecule has 0 radical (unpaired) electrons. The van der Waals surface area contributed by atoms with Gasteiger partial charge in [-0.3, -0.25) is 9.59 Å². The maximum absolute atomic E-state index is 12.6. The highest BCUT2D eigenvalue weighted by Crippen LogP contribution is 2.21. The summed E-state index contributed by atoms with van der Waals surface area (Å²) in [6.45, 7) is 0. The molecule has 0 aromatic heterocycles. The molecule has 2 N–H and O–H groups in total. The summed E-state index contributed by atoms with van der Waals surface area (Å²) in [4.78, 5) is 25.3. The predicted molar refractivity (Wildman–Crippen MR) is 84.6 cm³/mol. The predicted octanol–water partition coefficient (Wildman–Crippen LogP) is 2.76. The molecule has 0 fully saturated rings. The summed E-state index contributed by atoms with van der Waals surface area (Å²) in [5, 5.41) is 19.0. The number of rotatable bonds is 4. The van der Waals surface area contributed by atoms with Crippen LogP contribution in [0.4, 0.5) is 0 Å². The molecule has 3 rings (SSSR count). The van der Waals surface area contributed by atoms with Crippen LogP contribution >= 0.6 is 0 Å². The molecule has 2 aliphatic heterocycles. The third kappa shape index (κ3) is 3.08. The SMILES string of the molecule is O=C(c1ccccc1C(=O)C1C=C(O)C=CO1)C1C=C(O)C=CO1. The van der Waals surface area contributed by atoms with Crippen molar-refractivity contribution in [3.05, 3.63) is 83.7 Å². The van der Waals surface area contributed by atoms with Crippen LogP contribution in [0, 0.1) is 0 Å². The lowest BCUT2D eigenvalue weighted by Gasteiger charge is -2.19. The van der Waals surface area contributed by atoms with Gasteiger partial charge in [0.1, 0.15) is 11.5 Å². The van der Waals surface area contributed by atoms with Crippen molar-refractivity contribution in [3.63, 3.8) is 0 Å². The standard InChI is InChI=1S/C18H14O6/c19-11-5-7-23-15(9-11)17(21)13-3-1-2-4-14(13)18(22)16-10-12(20)6-8-24-16/h1-10,15-16,19-20H. The minimum atomic E-state index is -1.01. The first-order valence-electron chi connectivity index (χ1n) is 7.19. The lowest BCUT2D eigenvalue weighted by Crippen LogP contribution is -2.28. The Kier molecular flexibility index (Phi) is 4.20. The number of aliphatic hydroxyl groups excluding tert-OH is 2. The second-order valence-electron chi connectivity index (χ2n) is 5.18. The largest absolute Gasteiger partial charge is 0.508 e. The monoisotopic (exact) mass is 326 g/mol. The second-order valence-corrected chi connectivity index (χ2v) is 5.18. The van der Waals surface area contributed by atoms with Crippen LogP contribution < -0.4 is 0 Å². The van der Waals surface area contributed by atoms with Crippen LogP contribution in [0.25, 0.3) is 0 Å². The molecule has 24 heavy (non-hydrogen) atoms. The van der Waals surface area contributed by atoms with Gasteiger partial charge in [0, 0.05) is 35.4 Å². The molecule has 2 atom stereocenters. The fraction of sp³-hybridized carbons (Fsp3) is 0.111. The van der Waals surface area contributed by atoms with Crippen LogP contribution in [0.15, 0.2) is 72.6 Å². The molecule has 2 heterocycles. The van der Waals surface area contributed by atoms with Crippen molar-refractivity contribution in [2.75, 3.05) is 0 Å². The van der Waals surface area contributed by atoms with E-state index in [0.717, 1.165) is 0 Å². The Hall–Kier alpha value is -3.28. The summed E-state index contributed by atoms with van der Waals surface area (Å²) >= 11 is 0. The Balaban J connectivity index is 1.91. The number of ether oxygens (including phenoxy) is 2. The lowest BCUT2D eigenvalue weighted by molar-refractivity contribution is 0.0742. The number of benzene rings is 1. The summed E-state index contributed by atoms with van der Waals surface area (Å²) in [7, 11) is 0. The number of allylic oxidation sites excluding steroid dienone is 2. The van der Waals surface area contributed by atoms with E-state index in [-0.39, 0.29) is 22.6 Å². The zero-order valence-electron chi connectivity index (χ0n) is 12.5. The molecule has 6 nitrogen and oxygen atoms in total. The zero-order chi connectivity index (χ0) is 17.1. The summed E-state index contributed by atoms with van der Waals surface area (Å²) < 4.78 is 10.4. The molecule has 1 aromatic carbocycles. The fourth-order valence-corrected chi connectivity index (χ4v) is 2.38. The number of hydrogen-bond acceptors (Lipinski definition) is 6. The van der Waals surface area contributed by atoms with Crippen molar-refractivity contribution in [1.82, 2.24) is 0 Å². The minimum absolute atomic E-state index is 0.0861. The van der Waals surface area contributed by atoms with Gasteiger partial charge < -0.3 is 19.7 Å². The van der Waals surface area contributed by atoms with E-state index in [2.05, 4.69) is 0 Å². The first kappa shape index (κ1) is 15.6. The number of Topliss-reactive ketones (excluding diaryl/α,β-unsaturated/α-hetero) is 2. The Morgan fingerprint density at radius 1 is 0.792 bits per heavy atom. The normalized spacial score (nSPS) is 22.0. The summed E-state index contributed by atoms with van der Waals surface area (Å²) in [6, 6.07) is 6.26. The smallest absolute Gasteiger partial charge is 0.208 e. The zero-order valence-corrected chi connectivity index (χ0v) is 12.5. The first-order valence-corrected chi connectivity index (χ1v) is 7.19. The van der Waals surface area contributed by atoms with Gasteiger partial charge >= 0.3 is 0 Å². The van der Waals surface area contributed by atoms with Gasteiger partial charge in [-0.25, -0.2) is 0 Å². The van der Waals surface area contributed by atoms with E-state index in [1.807, 2.05) is 0 Å². The average Bonchev–Trinajstić information content (AvgIpc) is 2.60. The third-order valence-electron chi connectivity index (χ3n) is 3.55. The second kappa shape index (κ2) is 6.45. The van der Waals surface area contributed by atoms with Crippen LogP contribution in [0.5, 0.6) is 0 Å². The molecular weight excluding hydrogens is 312 g/mol. The van der Waals surface area contributed by atoms with Crippen LogP contribution in [0.2, 0.25) is 0 Å². The number of ketones is 2. The van der Waals surface area contributed by atoms with E-state index >= 15 is 0 Å². The highest BCUT2D eigenvalue weighted by molar-refractivity contribution is 6.12. The number of aliphatic hydroxyl groups is 2. The van der Waals surface area contributed by atoms with E-state index < -0.39 is 23.8 Å². The Labute approximate surface area is 137 Å². The van der Waals surface area contributed by atoms with Crippen molar-refractivity contribution in [2.45, 2.75) is 12.2 Å². The summed E-state index contributed by atoms with van der Waals surface area (Å²) in [5.41, 5.74) is 0.302. The van der Waals surface area contributed by atoms with Crippen LogP contribution in [-0.2, 0) is 9.47 Å². The number of carbonyl (C=O) groups excluding carboxylic acids is 2. The Bertz CT molecular complexity index is 732. The van der Waals surface area contributed by atoms with Crippen LogP contribution in [-0.4, -0.2) is 34.0 Å². The molecular formula is C18H14O6. The van der Waals surface area contributed by atoms with Gasteiger partial charge in [-0.15, -0.1) is 0 Å². The van der Waals surface area contributed by atoms with Gasteiger partial charge in [-0.2, -0.15) is 0 Å². The van der Waals surface area contributed by atoms with Crippen molar-refractivity contribution < 1.29 is 29.3 Å². The lowest BCUT2D eigenvalue weighted by atomic mass is 9.94.